The molecule has 0 saturated carbocycles. The van der Waals surface area contributed by atoms with Crippen molar-refractivity contribution in [3.63, 3.8) is 0 Å². The van der Waals surface area contributed by atoms with E-state index in [1.54, 1.807) is 6.92 Å². The first-order valence-electron chi connectivity index (χ1n) is 11.4. The zero-order valence-electron chi connectivity index (χ0n) is 18.6. The molecule has 2 aliphatic rings. The number of anilines is 1. The number of nitrogens with zero attached hydrogens (tertiary/aromatic N) is 1. The van der Waals surface area contributed by atoms with Crippen LogP contribution >= 0.6 is 0 Å². The lowest BCUT2D eigenvalue weighted by Crippen LogP contribution is -2.24. The molecule has 166 valence electrons. The molecule has 2 aliphatic heterocycles. The molecule has 0 amide bonds. The lowest BCUT2D eigenvalue weighted by molar-refractivity contribution is -0.117. The fourth-order valence-electron chi connectivity index (χ4n) is 4.39. The molecular formula is C26H33NO4. The van der Waals surface area contributed by atoms with E-state index >= 15 is 0 Å². The highest BCUT2D eigenvalue weighted by molar-refractivity contribution is 5.76. The van der Waals surface area contributed by atoms with Crippen LogP contribution in [0, 0.1) is 0 Å². The summed E-state index contributed by atoms with van der Waals surface area (Å²) in [4.78, 5) is 13.7. The molecule has 2 heterocycles. The molecule has 2 unspecified atom stereocenters. The lowest BCUT2D eigenvalue weighted by atomic mass is 9.96. The fourth-order valence-corrected chi connectivity index (χ4v) is 4.39. The van der Waals surface area contributed by atoms with Gasteiger partial charge in [-0.15, -0.1) is 0 Å². The standard InChI is InChI=1S/C26H33NO4/c1-19(16-20(2)28)21-5-9-24(10-6-21)31-25-13-14-27(17-25)22-7-11-23(12-8-22)30-18-26-4-3-15-29-26/h5-12,19,25-26H,3-4,13-18H2,1-2H3/t19-,25?,26?/m1/s1. The molecule has 3 atom stereocenters. The Morgan fingerprint density at radius 2 is 1.84 bits per heavy atom. The smallest absolute Gasteiger partial charge is 0.130 e. The number of carbonyl (C=O) groups excluding carboxylic acids is 1. The summed E-state index contributed by atoms with van der Waals surface area (Å²) in [6.45, 7) is 7.07. The molecule has 0 N–H and O–H groups in total. The maximum absolute atomic E-state index is 11.3. The first-order valence-corrected chi connectivity index (χ1v) is 11.4. The predicted octanol–water partition coefficient (Wildman–Crippen LogP) is 4.98. The van der Waals surface area contributed by atoms with Gasteiger partial charge in [0, 0.05) is 31.7 Å². The van der Waals surface area contributed by atoms with Gasteiger partial charge in [0.2, 0.25) is 0 Å². The number of benzene rings is 2. The minimum atomic E-state index is 0.177. The number of rotatable bonds is 9. The van der Waals surface area contributed by atoms with E-state index in [9.17, 15) is 4.79 Å². The summed E-state index contributed by atoms with van der Waals surface area (Å²) < 4.78 is 17.7. The number of ketones is 1. The first-order chi connectivity index (χ1) is 15.1. The quantitative estimate of drug-likeness (QED) is 0.569. The van der Waals surface area contributed by atoms with Gasteiger partial charge in [0.15, 0.2) is 0 Å². The number of carbonyl (C=O) groups is 1. The van der Waals surface area contributed by atoms with Crippen molar-refractivity contribution in [2.45, 2.75) is 57.7 Å². The monoisotopic (exact) mass is 423 g/mol. The molecule has 0 aliphatic carbocycles. The number of Topliss-reactive ketones (excluding diaryl/α,β-unsaturated/α-hetero) is 1. The van der Waals surface area contributed by atoms with Gasteiger partial charge in [-0.1, -0.05) is 19.1 Å². The Balaban J connectivity index is 1.25. The summed E-state index contributed by atoms with van der Waals surface area (Å²) in [6.07, 6.45) is 4.22. The maximum Gasteiger partial charge on any atom is 0.130 e. The van der Waals surface area contributed by atoms with Gasteiger partial charge in [-0.05, 0) is 67.6 Å². The highest BCUT2D eigenvalue weighted by Crippen LogP contribution is 2.27. The van der Waals surface area contributed by atoms with Crippen molar-refractivity contribution in [1.82, 2.24) is 0 Å². The van der Waals surface area contributed by atoms with Crippen molar-refractivity contribution in [2.24, 2.45) is 0 Å². The zero-order chi connectivity index (χ0) is 21.6. The molecule has 2 saturated heterocycles. The normalized spacial score (nSPS) is 21.8. The van der Waals surface area contributed by atoms with Crippen molar-refractivity contribution in [2.75, 3.05) is 31.2 Å². The molecule has 4 rings (SSSR count). The Hall–Kier alpha value is -2.53. The number of hydrogen-bond acceptors (Lipinski definition) is 5. The van der Waals surface area contributed by atoms with Gasteiger partial charge in [-0.2, -0.15) is 0 Å². The number of hydrogen-bond donors (Lipinski definition) is 0. The summed E-state index contributed by atoms with van der Waals surface area (Å²) in [7, 11) is 0. The zero-order valence-corrected chi connectivity index (χ0v) is 18.6. The van der Waals surface area contributed by atoms with E-state index < -0.39 is 0 Å². The van der Waals surface area contributed by atoms with E-state index in [1.807, 2.05) is 24.3 Å². The molecule has 2 aromatic rings. The van der Waals surface area contributed by atoms with Gasteiger partial charge < -0.3 is 23.9 Å². The van der Waals surface area contributed by atoms with Crippen LogP contribution in [0.4, 0.5) is 5.69 Å². The van der Waals surface area contributed by atoms with Crippen LogP contribution in [0.2, 0.25) is 0 Å². The molecule has 0 aromatic heterocycles. The van der Waals surface area contributed by atoms with Gasteiger partial charge in [0.25, 0.3) is 0 Å². The van der Waals surface area contributed by atoms with Crippen molar-refractivity contribution in [3.8, 4) is 11.5 Å². The fraction of sp³-hybridized carbons (Fsp3) is 0.500. The number of ether oxygens (including phenoxy) is 3. The second kappa shape index (κ2) is 10.2. The second-order valence-electron chi connectivity index (χ2n) is 8.79. The largest absolute Gasteiger partial charge is 0.491 e. The third-order valence-electron chi connectivity index (χ3n) is 6.15. The van der Waals surface area contributed by atoms with E-state index in [0.29, 0.717) is 13.0 Å². The third-order valence-corrected chi connectivity index (χ3v) is 6.15. The molecule has 2 aromatic carbocycles. The Labute approximate surface area is 185 Å². The highest BCUT2D eigenvalue weighted by Gasteiger charge is 2.24. The van der Waals surface area contributed by atoms with Crippen molar-refractivity contribution >= 4 is 11.5 Å². The minimum absolute atomic E-state index is 0.177. The molecule has 2 fully saturated rings. The van der Waals surface area contributed by atoms with Crippen LogP contribution in [0.1, 0.15) is 51.0 Å². The summed E-state index contributed by atoms with van der Waals surface area (Å²) in [6, 6.07) is 16.5. The Morgan fingerprint density at radius 3 is 2.52 bits per heavy atom. The highest BCUT2D eigenvalue weighted by atomic mass is 16.5. The van der Waals surface area contributed by atoms with Crippen LogP contribution in [0.3, 0.4) is 0 Å². The first kappa shape index (κ1) is 21.7. The van der Waals surface area contributed by atoms with Gasteiger partial charge in [-0.25, -0.2) is 0 Å². The maximum atomic E-state index is 11.3. The van der Waals surface area contributed by atoms with Gasteiger partial charge in [0.05, 0.1) is 12.6 Å². The topological polar surface area (TPSA) is 48.0 Å². The van der Waals surface area contributed by atoms with E-state index in [-0.39, 0.29) is 23.9 Å². The second-order valence-corrected chi connectivity index (χ2v) is 8.79. The SMILES string of the molecule is CC(=O)C[C@@H](C)c1ccc(OC2CCN(c3ccc(OCC4CCCO4)cc3)C2)cc1. The van der Waals surface area contributed by atoms with E-state index in [2.05, 4.69) is 36.1 Å². The summed E-state index contributed by atoms with van der Waals surface area (Å²) in [5.74, 6) is 2.25. The molecule has 5 heteroatoms. The van der Waals surface area contributed by atoms with Gasteiger partial charge in [-0.3, -0.25) is 0 Å². The third kappa shape index (κ3) is 6.01. The Bertz CT molecular complexity index is 843. The minimum Gasteiger partial charge on any atom is -0.491 e. The lowest BCUT2D eigenvalue weighted by Gasteiger charge is -2.20. The van der Waals surface area contributed by atoms with E-state index in [0.717, 1.165) is 50.5 Å². The van der Waals surface area contributed by atoms with Crippen molar-refractivity contribution in [3.05, 3.63) is 54.1 Å². The summed E-state index contributed by atoms with van der Waals surface area (Å²) in [5, 5.41) is 0. The van der Waals surface area contributed by atoms with Crippen LogP contribution in [0.5, 0.6) is 11.5 Å². The van der Waals surface area contributed by atoms with E-state index in [4.69, 9.17) is 14.2 Å². The predicted molar refractivity (Wildman–Crippen MR) is 122 cm³/mol. The average molecular weight is 424 g/mol. The van der Waals surface area contributed by atoms with Crippen LogP contribution in [0.25, 0.3) is 0 Å². The van der Waals surface area contributed by atoms with Crippen molar-refractivity contribution in [1.29, 1.82) is 0 Å². The summed E-state index contributed by atoms with van der Waals surface area (Å²) >= 11 is 0. The summed E-state index contributed by atoms with van der Waals surface area (Å²) in [5.41, 5.74) is 2.38. The van der Waals surface area contributed by atoms with Crippen LogP contribution < -0.4 is 14.4 Å². The molecule has 0 radical (unpaired) electrons. The van der Waals surface area contributed by atoms with Crippen LogP contribution in [-0.4, -0.2) is 44.3 Å². The Morgan fingerprint density at radius 1 is 1.10 bits per heavy atom. The molecule has 5 nitrogen and oxygen atoms in total. The average Bonchev–Trinajstić information content (AvgIpc) is 3.45. The molecular weight excluding hydrogens is 390 g/mol. The van der Waals surface area contributed by atoms with Crippen molar-refractivity contribution < 1.29 is 19.0 Å². The van der Waals surface area contributed by atoms with Crippen LogP contribution in [-0.2, 0) is 9.53 Å². The Kier molecular flexibility index (Phi) is 7.13. The molecule has 31 heavy (non-hydrogen) atoms. The molecule has 0 spiro atoms. The van der Waals surface area contributed by atoms with Gasteiger partial charge in [0.1, 0.15) is 30.0 Å². The van der Waals surface area contributed by atoms with Gasteiger partial charge >= 0.3 is 0 Å². The van der Waals surface area contributed by atoms with E-state index in [1.165, 1.54) is 11.3 Å². The van der Waals surface area contributed by atoms with Crippen LogP contribution in [0.15, 0.2) is 48.5 Å². The molecule has 0 bridgehead atoms.